The average molecular weight is 1340 g/mol. The van der Waals surface area contributed by atoms with Gasteiger partial charge in [0.05, 0.1) is 34.0 Å². The van der Waals surface area contributed by atoms with Crippen LogP contribution in [0.25, 0.3) is 0 Å². The van der Waals surface area contributed by atoms with Crippen LogP contribution in [0.3, 0.4) is 0 Å². The molecule has 0 aromatic rings. The van der Waals surface area contributed by atoms with Crippen molar-refractivity contribution in [2.45, 2.75) is 379 Å². The fraction of sp³-hybridized carbons (Fsp3) is 0.865. The van der Waals surface area contributed by atoms with Crippen molar-refractivity contribution >= 4 is 59.7 Å². The lowest BCUT2D eigenvalue weighted by Crippen LogP contribution is -2.44. The number of hydrogen-bond donors (Lipinski definition) is 0. The molecule has 6 unspecified atom stereocenters. The van der Waals surface area contributed by atoms with E-state index in [1.54, 1.807) is 13.8 Å². The van der Waals surface area contributed by atoms with Crippen LogP contribution in [-0.4, -0.2) is 118 Å². The quantitative estimate of drug-likeness (QED) is 0.109. The number of carbonyl (C=O) groups is 10. The minimum Gasteiger partial charge on any atom is -0.462 e. The van der Waals surface area contributed by atoms with Crippen molar-refractivity contribution in [1.29, 1.82) is 0 Å². The third kappa shape index (κ3) is 28.4. The summed E-state index contributed by atoms with van der Waals surface area (Å²) in [7, 11) is 0. The SMILES string of the molecule is CCC(C)(C)C(=O)OC1CCC(=O)OC(C)(C)C1.CCC(C)(C)C(=O)OC1CCC(C)(C)OC(=O)C1.CCC(C)(C)C(=O)OC1CCCC(=O)OC1(C)C.CCC(C)(C)C(=O)OC1CCCC(C)(C)OC1=O.CCC(C)C(=O)OC1CC2(CCCCC2)CC(C)(C)OC1=O. The van der Waals surface area contributed by atoms with Crippen LogP contribution < -0.4 is 0 Å². The van der Waals surface area contributed by atoms with Gasteiger partial charge in [-0.15, -0.1) is 0 Å². The van der Waals surface area contributed by atoms with E-state index in [0.717, 1.165) is 51.4 Å². The first-order valence-electron chi connectivity index (χ1n) is 35.1. The standard InChI is InChI=1S/C18H30O4.4C14H24O4/c1-5-13(2)15(19)21-14-11-18(9-7-6-8-10-18)12-17(3,4)22-16(14)20;1-6-13(2,3)12(16)17-10-7-8-14(4,5)18-11(15)9-10;1-6-13(2,3)12(16)17-10-7-8-11(15)18-14(4,5)9-10;1-6-13(2,3)12(16)17-10-8-7-9-14(4,5)18-11(10)15;1-6-13(2,3)12(16)17-10-8-7-9-11(15)18-14(10,4)5/h13-14H,5-12H2,1-4H3;4*10H,6-9H2,1-5H3. The molecule has 1 spiro atoms. The minimum absolute atomic E-state index is 0.0777. The maximum Gasteiger partial charge on any atom is 0.348 e. The fourth-order valence-corrected chi connectivity index (χ4v) is 11.2. The molecule has 5 aliphatic heterocycles. The lowest BCUT2D eigenvalue weighted by atomic mass is 9.66. The Balaban J connectivity index is 0.000000401. The molecule has 0 N–H and O–H groups in total. The fourth-order valence-electron chi connectivity index (χ4n) is 11.2. The Morgan fingerprint density at radius 2 is 0.894 bits per heavy atom. The molecule has 542 valence electrons. The van der Waals surface area contributed by atoms with Gasteiger partial charge in [0.15, 0.2) is 12.2 Å². The molecule has 6 rings (SSSR count). The molecule has 0 aromatic carbocycles. The van der Waals surface area contributed by atoms with Crippen LogP contribution in [0.2, 0.25) is 0 Å². The maximum absolute atomic E-state index is 12.4. The Morgan fingerprint density at radius 1 is 0.436 bits per heavy atom. The third-order valence-electron chi connectivity index (χ3n) is 19.6. The van der Waals surface area contributed by atoms with E-state index in [0.29, 0.717) is 77.0 Å². The molecule has 20 heteroatoms. The Labute approximate surface area is 564 Å². The zero-order valence-corrected chi connectivity index (χ0v) is 62.6. The zero-order chi connectivity index (χ0) is 72.3. The van der Waals surface area contributed by atoms with Crippen molar-refractivity contribution < 1.29 is 95.3 Å². The smallest absolute Gasteiger partial charge is 0.348 e. The molecule has 1 aliphatic carbocycles. The number of ether oxygens (including phenoxy) is 10. The average Bonchev–Trinajstić information content (AvgIpc) is 1.67. The van der Waals surface area contributed by atoms with Crippen LogP contribution in [0, 0.1) is 33.0 Å². The first-order chi connectivity index (χ1) is 43.0. The molecular weight excluding hydrogens is 1210 g/mol. The van der Waals surface area contributed by atoms with Gasteiger partial charge in [0.2, 0.25) is 0 Å². The van der Waals surface area contributed by atoms with Gasteiger partial charge in [0.25, 0.3) is 0 Å². The summed E-state index contributed by atoms with van der Waals surface area (Å²) >= 11 is 0. The molecule has 5 heterocycles. The second-order valence-electron chi connectivity index (χ2n) is 32.6. The monoisotopic (exact) mass is 1330 g/mol. The number of hydrogen-bond acceptors (Lipinski definition) is 20. The Hall–Kier alpha value is -5.30. The highest BCUT2D eigenvalue weighted by molar-refractivity contribution is 5.83. The van der Waals surface area contributed by atoms with Crippen molar-refractivity contribution in [3.8, 4) is 0 Å². The number of esters is 10. The molecule has 1 saturated carbocycles. The molecule has 5 saturated heterocycles. The molecule has 6 aliphatic rings. The lowest BCUT2D eigenvalue weighted by Gasteiger charge is -2.40. The highest BCUT2D eigenvalue weighted by Gasteiger charge is 2.48. The predicted octanol–water partition coefficient (Wildman–Crippen LogP) is 15.4. The summed E-state index contributed by atoms with van der Waals surface area (Å²) in [4.78, 5) is 119. The summed E-state index contributed by atoms with van der Waals surface area (Å²) in [5, 5.41) is 0. The molecule has 0 bridgehead atoms. The van der Waals surface area contributed by atoms with Crippen LogP contribution >= 0.6 is 0 Å². The summed E-state index contributed by atoms with van der Waals surface area (Å²) < 4.78 is 54.3. The highest BCUT2D eigenvalue weighted by Crippen LogP contribution is 2.49. The van der Waals surface area contributed by atoms with Gasteiger partial charge in [0, 0.05) is 25.7 Å². The molecule has 6 atom stereocenters. The van der Waals surface area contributed by atoms with E-state index in [4.69, 9.17) is 47.4 Å². The van der Waals surface area contributed by atoms with Crippen molar-refractivity contribution in [1.82, 2.24) is 0 Å². The van der Waals surface area contributed by atoms with Gasteiger partial charge < -0.3 is 47.4 Å². The summed E-state index contributed by atoms with van der Waals surface area (Å²) in [6.45, 7) is 45.2. The molecule has 0 radical (unpaired) electrons. The van der Waals surface area contributed by atoms with Gasteiger partial charge in [-0.3, -0.25) is 38.4 Å². The number of rotatable bonds is 15. The second-order valence-corrected chi connectivity index (χ2v) is 32.6. The summed E-state index contributed by atoms with van der Waals surface area (Å²) in [5.41, 5.74) is -4.64. The Bertz CT molecular complexity index is 2540. The topological polar surface area (TPSA) is 263 Å². The van der Waals surface area contributed by atoms with Crippen molar-refractivity contribution in [2.24, 2.45) is 33.0 Å². The normalized spacial score (nSPS) is 25.1. The molecule has 0 aromatic heterocycles. The van der Waals surface area contributed by atoms with Crippen LogP contribution in [-0.2, 0) is 95.3 Å². The Kier molecular flexibility index (Phi) is 31.8. The lowest BCUT2D eigenvalue weighted by molar-refractivity contribution is -0.183. The Morgan fingerprint density at radius 3 is 1.41 bits per heavy atom. The molecule has 94 heavy (non-hydrogen) atoms. The van der Waals surface area contributed by atoms with E-state index < -0.39 is 67.8 Å². The summed E-state index contributed by atoms with van der Waals surface area (Å²) in [5.74, 6) is -2.94. The van der Waals surface area contributed by atoms with Crippen molar-refractivity contribution in [2.75, 3.05) is 0 Å². The first-order valence-corrected chi connectivity index (χ1v) is 35.1. The van der Waals surface area contributed by atoms with Crippen LogP contribution in [0.5, 0.6) is 0 Å². The van der Waals surface area contributed by atoms with Gasteiger partial charge in [-0.05, 0) is 233 Å². The third-order valence-corrected chi connectivity index (χ3v) is 19.6. The molecule has 20 nitrogen and oxygen atoms in total. The van der Waals surface area contributed by atoms with E-state index in [1.165, 1.54) is 19.3 Å². The molecule has 6 fully saturated rings. The summed E-state index contributed by atoms with van der Waals surface area (Å²) in [6.07, 6.45) is 15.4. The van der Waals surface area contributed by atoms with E-state index in [2.05, 4.69) is 0 Å². The van der Waals surface area contributed by atoms with Gasteiger partial charge >= 0.3 is 59.7 Å². The van der Waals surface area contributed by atoms with Gasteiger partial charge in [0.1, 0.15) is 46.3 Å². The van der Waals surface area contributed by atoms with Crippen LogP contribution in [0.1, 0.15) is 320 Å². The van der Waals surface area contributed by atoms with E-state index in [1.807, 2.05) is 152 Å². The number of cyclic esters (lactones) is 5. The van der Waals surface area contributed by atoms with Crippen LogP contribution in [0.15, 0.2) is 0 Å². The summed E-state index contributed by atoms with van der Waals surface area (Å²) in [6, 6.07) is 0. The van der Waals surface area contributed by atoms with Crippen molar-refractivity contribution in [3.63, 3.8) is 0 Å². The largest absolute Gasteiger partial charge is 0.462 e. The maximum atomic E-state index is 12.4. The van der Waals surface area contributed by atoms with E-state index in [9.17, 15) is 47.9 Å². The second kappa shape index (κ2) is 35.3. The predicted molar refractivity (Wildman–Crippen MR) is 356 cm³/mol. The first kappa shape index (κ1) is 84.8. The van der Waals surface area contributed by atoms with E-state index in [-0.39, 0.29) is 89.8 Å². The van der Waals surface area contributed by atoms with Gasteiger partial charge in [-0.1, -0.05) is 60.8 Å². The number of carbonyl (C=O) groups excluding carboxylic acids is 10. The highest BCUT2D eigenvalue weighted by atomic mass is 16.6. The van der Waals surface area contributed by atoms with Crippen molar-refractivity contribution in [3.05, 3.63) is 0 Å². The van der Waals surface area contributed by atoms with Gasteiger partial charge in [-0.25, -0.2) is 9.59 Å². The van der Waals surface area contributed by atoms with Gasteiger partial charge in [-0.2, -0.15) is 0 Å². The molecule has 0 amide bonds. The minimum atomic E-state index is -0.745. The molecular formula is C74H126O20. The van der Waals surface area contributed by atoms with E-state index >= 15 is 0 Å². The zero-order valence-electron chi connectivity index (χ0n) is 62.6. The van der Waals surface area contributed by atoms with Crippen LogP contribution in [0.4, 0.5) is 0 Å².